The molecule has 20 heavy (non-hydrogen) atoms. The lowest BCUT2D eigenvalue weighted by molar-refractivity contribution is 0.306. The van der Waals surface area contributed by atoms with Crippen LogP contribution < -0.4 is 10.5 Å². The number of hydrogen-bond donors (Lipinski definition) is 2. The molecule has 1 aliphatic carbocycles. The predicted molar refractivity (Wildman–Crippen MR) is 78.5 cm³/mol. The fourth-order valence-electron chi connectivity index (χ4n) is 2.67. The summed E-state index contributed by atoms with van der Waals surface area (Å²) in [5.74, 6) is 0.751. The molecule has 1 saturated carbocycles. The van der Waals surface area contributed by atoms with Crippen LogP contribution in [-0.4, -0.2) is 19.4 Å². The first-order valence-electron chi connectivity index (χ1n) is 7.22. The lowest BCUT2D eigenvalue weighted by Gasteiger charge is -2.28. The van der Waals surface area contributed by atoms with Gasteiger partial charge in [-0.1, -0.05) is 13.3 Å². The number of nitrogens with one attached hydrogen (secondary N) is 1. The average Bonchev–Trinajstić information content (AvgIpc) is 2.48. The van der Waals surface area contributed by atoms with E-state index in [1.54, 1.807) is 12.1 Å². The van der Waals surface area contributed by atoms with Crippen LogP contribution in [-0.2, 0) is 16.6 Å². The van der Waals surface area contributed by atoms with E-state index in [1.165, 1.54) is 12.6 Å². The highest BCUT2D eigenvalue weighted by Crippen LogP contribution is 2.27. The second kappa shape index (κ2) is 6.65. The van der Waals surface area contributed by atoms with Crippen molar-refractivity contribution in [3.8, 4) is 0 Å². The van der Waals surface area contributed by atoms with Gasteiger partial charge in [-0.15, -0.1) is 0 Å². The summed E-state index contributed by atoms with van der Waals surface area (Å²) in [5.41, 5.74) is 6.14. The van der Waals surface area contributed by atoms with Crippen LogP contribution in [0.25, 0.3) is 0 Å². The van der Waals surface area contributed by atoms with Crippen LogP contribution in [0.3, 0.4) is 0 Å². The highest BCUT2D eigenvalue weighted by atomic mass is 32.2. The molecule has 2 rings (SSSR count). The minimum absolute atomic E-state index is 0.0528. The molecule has 5 nitrogen and oxygen atoms in total. The molecular formula is C14H23N3O2S. The Kier molecular flexibility index (Phi) is 5.12. The second-order valence-corrected chi connectivity index (χ2v) is 7.15. The van der Waals surface area contributed by atoms with Crippen molar-refractivity contribution in [2.75, 3.05) is 0 Å². The van der Waals surface area contributed by atoms with Crippen LogP contribution in [0.5, 0.6) is 0 Å². The molecule has 0 saturated heterocycles. The lowest BCUT2D eigenvalue weighted by atomic mass is 9.85. The highest BCUT2D eigenvalue weighted by Gasteiger charge is 2.25. The summed E-state index contributed by atoms with van der Waals surface area (Å²) >= 11 is 0. The Labute approximate surface area is 121 Å². The summed E-state index contributed by atoms with van der Waals surface area (Å²) in [4.78, 5) is 4.25. The molecule has 1 fully saturated rings. The Morgan fingerprint density at radius 2 is 2.00 bits per heavy atom. The standard InChI is InChI=1S/C14H23N3O2S/c1-2-11-3-5-12(6-4-11)17-20(18,19)14-8-7-13(9-15)16-10-14/h7-8,10-12,17H,2-6,9,15H2,1H3. The zero-order valence-electron chi connectivity index (χ0n) is 11.9. The molecule has 112 valence electrons. The maximum Gasteiger partial charge on any atom is 0.242 e. The van der Waals surface area contributed by atoms with Gasteiger partial charge in [0.1, 0.15) is 4.90 Å². The van der Waals surface area contributed by atoms with E-state index in [0.717, 1.165) is 31.6 Å². The predicted octanol–water partition coefficient (Wildman–Crippen LogP) is 1.79. The van der Waals surface area contributed by atoms with Gasteiger partial charge in [0, 0.05) is 18.8 Å². The molecule has 1 aromatic heterocycles. The van der Waals surface area contributed by atoms with Crippen molar-refractivity contribution in [3.05, 3.63) is 24.0 Å². The third kappa shape index (κ3) is 3.77. The van der Waals surface area contributed by atoms with Gasteiger partial charge in [-0.2, -0.15) is 0 Å². The first-order chi connectivity index (χ1) is 9.55. The lowest BCUT2D eigenvalue weighted by Crippen LogP contribution is -2.37. The van der Waals surface area contributed by atoms with E-state index in [4.69, 9.17) is 5.73 Å². The first kappa shape index (κ1) is 15.4. The van der Waals surface area contributed by atoms with Crippen molar-refractivity contribution in [2.24, 2.45) is 11.7 Å². The van der Waals surface area contributed by atoms with E-state index in [0.29, 0.717) is 12.2 Å². The number of rotatable bonds is 5. The average molecular weight is 297 g/mol. The van der Waals surface area contributed by atoms with Gasteiger partial charge in [-0.3, -0.25) is 4.98 Å². The van der Waals surface area contributed by atoms with Crippen LogP contribution in [0.4, 0.5) is 0 Å². The normalized spacial score (nSPS) is 23.7. The van der Waals surface area contributed by atoms with Crippen molar-refractivity contribution < 1.29 is 8.42 Å². The van der Waals surface area contributed by atoms with Crippen molar-refractivity contribution in [2.45, 2.75) is 56.5 Å². The molecular weight excluding hydrogens is 274 g/mol. The summed E-state index contributed by atoms with van der Waals surface area (Å²) in [6.45, 7) is 2.51. The fourth-order valence-corrected chi connectivity index (χ4v) is 3.92. The van der Waals surface area contributed by atoms with Crippen LogP contribution in [0.2, 0.25) is 0 Å². The van der Waals surface area contributed by atoms with E-state index in [2.05, 4.69) is 16.6 Å². The van der Waals surface area contributed by atoms with Gasteiger partial charge in [0.15, 0.2) is 0 Å². The molecule has 1 aromatic rings. The molecule has 0 bridgehead atoms. The first-order valence-corrected chi connectivity index (χ1v) is 8.70. The van der Waals surface area contributed by atoms with Crippen molar-refractivity contribution in [1.29, 1.82) is 0 Å². The number of nitrogens with zero attached hydrogens (tertiary/aromatic N) is 1. The van der Waals surface area contributed by atoms with E-state index < -0.39 is 10.0 Å². The molecule has 0 unspecified atom stereocenters. The molecule has 0 aliphatic heterocycles. The zero-order valence-corrected chi connectivity index (χ0v) is 12.7. The van der Waals surface area contributed by atoms with Crippen LogP contribution in [0, 0.1) is 5.92 Å². The van der Waals surface area contributed by atoms with E-state index in [1.807, 2.05) is 0 Å². The molecule has 6 heteroatoms. The van der Waals surface area contributed by atoms with Crippen molar-refractivity contribution in [3.63, 3.8) is 0 Å². The summed E-state index contributed by atoms with van der Waals surface area (Å²) in [6.07, 6.45) is 6.62. The fraction of sp³-hybridized carbons (Fsp3) is 0.643. The molecule has 0 aromatic carbocycles. The van der Waals surface area contributed by atoms with Gasteiger partial charge in [-0.05, 0) is 43.7 Å². The topological polar surface area (TPSA) is 85.1 Å². The minimum atomic E-state index is -3.46. The summed E-state index contributed by atoms with van der Waals surface area (Å²) < 4.78 is 27.3. The molecule has 1 heterocycles. The third-order valence-electron chi connectivity index (χ3n) is 4.06. The molecule has 0 atom stereocenters. The maximum absolute atomic E-state index is 12.3. The number of aromatic nitrogens is 1. The molecule has 3 N–H and O–H groups in total. The quantitative estimate of drug-likeness (QED) is 0.867. The number of hydrogen-bond acceptors (Lipinski definition) is 4. The van der Waals surface area contributed by atoms with Crippen LogP contribution in [0.1, 0.15) is 44.7 Å². The van der Waals surface area contributed by atoms with E-state index in [9.17, 15) is 8.42 Å². The van der Waals surface area contributed by atoms with Crippen molar-refractivity contribution >= 4 is 10.0 Å². The van der Waals surface area contributed by atoms with Gasteiger partial charge >= 0.3 is 0 Å². The van der Waals surface area contributed by atoms with Gasteiger partial charge in [-0.25, -0.2) is 13.1 Å². The smallest absolute Gasteiger partial charge is 0.242 e. The SMILES string of the molecule is CCC1CCC(NS(=O)(=O)c2ccc(CN)nc2)CC1. The second-order valence-electron chi connectivity index (χ2n) is 5.44. The van der Waals surface area contributed by atoms with Gasteiger partial charge in [0.25, 0.3) is 0 Å². The summed E-state index contributed by atoms with van der Waals surface area (Å²) in [5, 5.41) is 0. The minimum Gasteiger partial charge on any atom is -0.325 e. The van der Waals surface area contributed by atoms with Crippen LogP contribution in [0.15, 0.2) is 23.2 Å². The Bertz CT molecular complexity index is 520. The Morgan fingerprint density at radius 1 is 1.30 bits per heavy atom. The van der Waals surface area contributed by atoms with Crippen LogP contribution >= 0.6 is 0 Å². The molecule has 1 aliphatic rings. The molecule has 0 spiro atoms. The Balaban J connectivity index is 2.00. The highest BCUT2D eigenvalue weighted by molar-refractivity contribution is 7.89. The van der Waals surface area contributed by atoms with Gasteiger partial charge in [0.05, 0.1) is 5.69 Å². The van der Waals surface area contributed by atoms with Gasteiger partial charge in [0.2, 0.25) is 10.0 Å². The molecule has 0 radical (unpaired) electrons. The number of pyridine rings is 1. The summed E-state index contributed by atoms with van der Waals surface area (Å²) in [7, 11) is -3.46. The number of sulfonamides is 1. The zero-order chi connectivity index (χ0) is 14.6. The van der Waals surface area contributed by atoms with Gasteiger partial charge < -0.3 is 5.73 Å². The summed E-state index contributed by atoms with van der Waals surface area (Å²) in [6, 6.07) is 3.27. The maximum atomic E-state index is 12.3. The monoisotopic (exact) mass is 297 g/mol. The van der Waals surface area contributed by atoms with Crippen molar-refractivity contribution in [1.82, 2.24) is 9.71 Å². The van der Waals surface area contributed by atoms with E-state index in [-0.39, 0.29) is 10.9 Å². The molecule has 0 amide bonds. The Hall–Kier alpha value is -0.980. The Morgan fingerprint density at radius 3 is 2.50 bits per heavy atom. The number of nitrogens with two attached hydrogens (primary N) is 1. The van der Waals surface area contributed by atoms with E-state index >= 15 is 0 Å². The largest absolute Gasteiger partial charge is 0.325 e. The third-order valence-corrected chi connectivity index (χ3v) is 5.57.